The highest BCUT2D eigenvalue weighted by atomic mass is 32.1. The molecule has 1 aromatic heterocycles. The largest absolute Gasteiger partial charge is 0.871 e. The van der Waals surface area contributed by atoms with Gasteiger partial charge in [-0.05, 0) is 80.8 Å². The molecule has 56 heavy (non-hydrogen) atoms. The highest BCUT2D eigenvalue weighted by molar-refractivity contribution is 7.16. The van der Waals surface area contributed by atoms with Crippen LogP contribution in [0.3, 0.4) is 0 Å². The molecule has 2 aromatic carbocycles. The minimum Gasteiger partial charge on any atom is -0.871 e. The van der Waals surface area contributed by atoms with Crippen molar-refractivity contribution in [1.82, 2.24) is 0 Å². The number of fused-ring (bicyclic) bond motifs is 2. The average Bonchev–Trinajstić information content (AvgIpc) is 3.80. The number of carbonyl (C=O) groups is 2. The van der Waals surface area contributed by atoms with Gasteiger partial charge in [0.2, 0.25) is 5.69 Å². The van der Waals surface area contributed by atoms with Gasteiger partial charge < -0.3 is 15.1 Å². The Labute approximate surface area is 336 Å². The van der Waals surface area contributed by atoms with Gasteiger partial charge in [0.1, 0.15) is 18.2 Å². The van der Waals surface area contributed by atoms with Gasteiger partial charge in [0.15, 0.2) is 11.5 Å². The SMILES string of the molecule is CCCCCCCCCCCC[N+]1=C(/C=C2\C(=O)C(/C=C3/N(CC)c4ccccc4C3(C)C)=C2[O-])C(C)(C)c2cc(-c3ccc(/C=C(/C#N)C(=O)O)s3)ccc21. The topological polar surface area (TPSA) is 107 Å². The van der Waals surface area contributed by atoms with Crippen LogP contribution in [0.15, 0.2) is 94.9 Å². The van der Waals surface area contributed by atoms with Gasteiger partial charge in [0, 0.05) is 68.4 Å². The number of ketones is 1. The molecule has 0 atom stereocenters. The fourth-order valence-electron chi connectivity index (χ4n) is 8.57. The van der Waals surface area contributed by atoms with Crippen molar-refractivity contribution in [2.24, 2.45) is 0 Å². The number of benzene rings is 2. The number of para-hydroxylation sites is 1. The number of aliphatic carboxylic acids is 1. The lowest BCUT2D eigenvalue weighted by Crippen LogP contribution is -2.35. The molecule has 292 valence electrons. The van der Waals surface area contributed by atoms with E-state index in [0.29, 0.717) is 4.88 Å². The molecule has 0 amide bonds. The Kier molecular flexibility index (Phi) is 12.4. The van der Waals surface area contributed by atoms with Crippen molar-refractivity contribution < 1.29 is 24.4 Å². The quantitative estimate of drug-likeness (QED) is 0.0634. The first kappa shape index (κ1) is 40.7. The van der Waals surface area contributed by atoms with Crippen molar-refractivity contribution in [3.63, 3.8) is 0 Å². The van der Waals surface area contributed by atoms with Crippen LogP contribution in [0.5, 0.6) is 0 Å². The van der Waals surface area contributed by atoms with Crippen LogP contribution in [-0.2, 0) is 20.4 Å². The van der Waals surface area contributed by atoms with Crippen LogP contribution in [0.1, 0.15) is 122 Å². The number of anilines is 1. The summed E-state index contributed by atoms with van der Waals surface area (Å²) in [6, 6.07) is 20.2. The van der Waals surface area contributed by atoms with Gasteiger partial charge in [-0.15, -0.1) is 11.3 Å². The molecule has 0 unspecified atom stereocenters. The zero-order chi connectivity index (χ0) is 40.2. The van der Waals surface area contributed by atoms with E-state index in [1.807, 2.05) is 36.4 Å². The second kappa shape index (κ2) is 17.0. The highest BCUT2D eigenvalue weighted by Crippen LogP contribution is 2.49. The molecule has 0 bridgehead atoms. The van der Waals surface area contributed by atoms with Crippen molar-refractivity contribution in [1.29, 1.82) is 5.26 Å². The maximum atomic E-state index is 14.0. The van der Waals surface area contributed by atoms with Crippen molar-refractivity contribution in [3.05, 3.63) is 111 Å². The molecule has 3 heterocycles. The standard InChI is InChI=1S/C48H55N3O4S/c1-7-9-10-11-12-13-14-15-16-19-26-51-40-24-22-32(41-25-23-34(56-41)27-33(31-49)46(54)55)28-38(40)48(5,6)43(51)30-36-44(52)35(45(36)53)29-42-47(3,4)37-20-17-18-21-39(37)50(42)8-2/h17-18,20-25,27-30H,7-16,19,26H2,1-6H3,(H-,52,53,54,55)/b33-27-. The number of hydrogen-bond donors (Lipinski definition) is 1. The van der Waals surface area contributed by atoms with Crippen molar-refractivity contribution in [2.75, 3.05) is 18.0 Å². The lowest BCUT2D eigenvalue weighted by Gasteiger charge is -2.32. The fraction of sp³-hybridized carbons (Fsp3) is 0.417. The Bertz CT molecular complexity index is 2220. The number of likely N-dealkylation sites (N-methyl/N-ethyl adjacent to an activating group) is 1. The molecular weight excluding hydrogens is 715 g/mol. The number of Topliss-reactive ketones (excluding diaryl/α,β-unsaturated/α-hetero) is 1. The van der Waals surface area contributed by atoms with Gasteiger partial charge in [0.25, 0.3) is 0 Å². The van der Waals surface area contributed by atoms with E-state index < -0.39 is 11.4 Å². The summed E-state index contributed by atoms with van der Waals surface area (Å²) in [4.78, 5) is 29.3. The maximum Gasteiger partial charge on any atom is 0.346 e. The summed E-state index contributed by atoms with van der Waals surface area (Å²) >= 11 is 1.43. The zero-order valence-corrected chi connectivity index (χ0v) is 34.7. The fourth-order valence-corrected chi connectivity index (χ4v) is 9.52. The van der Waals surface area contributed by atoms with E-state index in [4.69, 9.17) is 0 Å². The van der Waals surface area contributed by atoms with E-state index in [-0.39, 0.29) is 33.7 Å². The van der Waals surface area contributed by atoms with Crippen molar-refractivity contribution in [2.45, 2.75) is 117 Å². The first-order chi connectivity index (χ1) is 26.8. The van der Waals surface area contributed by atoms with Gasteiger partial charge in [0.05, 0.1) is 5.41 Å². The minimum absolute atomic E-state index is 0.207. The Hall–Kier alpha value is -5.00. The second-order valence-corrected chi connectivity index (χ2v) is 17.4. The van der Waals surface area contributed by atoms with E-state index in [1.54, 1.807) is 6.07 Å². The maximum absolute atomic E-state index is 14.0. The number of hydrogen-bond acceptors (Lipinski definition) is 6. The van der Waals surface area contributed by atoms with Crippen LogP contribution >= 0.6 is 11.3 Å². The highest BCUT2D eigenvalue weighted by Gasteiger charge is 2.46. The summed E-state index contributed by atoms with van der Waals surface area (Å²) in [5.41, 5.74) is 6.71. The number of carboxylic acids is 1. The Morgan fingerprint density at radius 2 is 1.57 bits per heavy atom. The molecule has 3 aliphatic rings. The molecule has 8 heteroatoms. The van der Waals surface area contributed by atoms with Crippen molar-refractivity contribution in [3.8, 4) is 16.5 Å². The smallest absolute Gasteiger partial charge is 0.346 e. The molecule has 1 N–H and O–H groups in total. The third-order valence-corrected chi connectivity index (χ3v) is 12.9. The Morgan fingerprint density at radius 1 is 0.893 bits per heavy atom. The Morgan fingerprint density at radius 3 is 2.21 bits per heavy atom. The van der Waals surface area contributed by atoms with Crippen LogP contribution in [0.4, 0.5) is 11.4 Å². The molecule has 7 nitrogen and oxygen atoms in total. The first-order valence-electron chi connectivity index (χ1n) is 20.4. The van der Waals surface area contributed by atoms with E-state index >= 15 is 0 Å². The van der Waals surface area contributed by atoms with Gasteiger partial charge in [-0.25, -0.2) is 4.79 Å². The van der Waals surface area contributed by atoms with E-state index in [0.717, 1.165) is 64.7 Å². The Balaban J connectivity index is 1.30. The van der Waals surface area contributed by atoms with E-state index in [1.165, 1.54) is 74.3 Å². The molecule has 0 spiro atoms. The average molecular weight is 770 g/mol. The number of unbranched alkanes of at least 4 members (excludes halogenated alkanes) is 9. The van der Waals surface area contributed by atoms with Gasteiger partial charge >= 0.3 is 5.97 Å². The van der Waals surface area contributed by atoms with E-state index in [9.17, 15) is 25.1 Å². The number of allylic oxidation sites excluding steroid dienone is 5. The van der Waals surface area contributed by atoms with Crippen LogP contribution in [-0.4, -0.2) is 40.2 Å². The molecule has 3 aromatic rings. The zero-order valence-electron chi connectivity index (χ0n) is 33.8. The number of nitriles is 1. The minimum atomic E-state index is -1.25. The molecule has 0 saturated heterocycles. The molecule has 0 fully saturated rings. The predicted octanol–water partition coefficient (Wildman–Crippen LogP) is 10.5. The second-order valence-electron chi connectivity index (χ2n) is 16.3. The first-order valence-corrected chi connectivity index (χ1v) is 21.2. The number of carboxylic acid groups (broad SMARTS) is 1. The van der Waals surface area contributed by atoms with E-state index in [2.05, 4.69) is 81.3 Å². The molecule has 6 rings (SSSR count). The molecule has 2 aliphatic heterocycles. The van der Waals surface area contributed by atoms with Gasteiger partial charge in [-0.1, -0.05) is 96.1 Å². The molecule has 0 radical (unpaired) electrons. The van der Waals surface area contributed by atoms with Gasteiger partial charge in [-0.2, -0.15) is 9.84 Å². The summed E-state index contributed by atoms with van der Waals surface area (Å²) in [5, 5.41) is 32.6. The van der Waals surface area contributed by atoms with Crippen LogP contribution < -0.4 is 10.0 Å². The normalized spacial score (nSPS) is 18.5. The molecular formula is C48H55N3O4S. The number of carbonyl (C=O) groups excluding carboxylic acids is 1. The number of thiophene rings is 1. The van der Waals surface area contributed by atoms with Crippen molar-refractivity contribution >= 4 is 46.3 Å². The number of nitrogens with zero attached hydrogens (tertiary/aromatic N) is 3. The summed E-state index contributed by atoms with van der Waals surface area (Å²) in [7, 11) is 0. The number of rotatable bonds is 17. The van der Waals surface area contributed by atoms with Crippen LogP contribution in [0.25, 0.3) is 16.5 Å². The summed E-state index contributed by atoms with van der Waals surface area (Å²) < 4.78 is 2.32. The predicted molar refractivity (Wildman–Crippen MR) is 226 cm³/mol. The monoisotopic (exact) mass is 769 g/mol. The summed E-state index contributed by atoms with van der Waals surface area (Å²) in [6.07, 6.45) is 17.5. The summed E-state index contributed by atoms with van der Waals surface area (Å²) in [6.45, 7) is 14.5. The van der Waals surface area contributed by atoms with Gasteiger partial charge in [-0.3, -0.25) is 4.79 Å². The third kappa shape index (κ3) is 7.84. The third-order valence-electron chi connectivity index (χ3n) is 11.8. The van der Waals surface area contributed by atoms with Crippen LogP contribution in [0.2, 0.25) is 0 Å². The molecule has 0 saturated carbocycles. The lowest BCUT2D eigenvalue weighted by atomic mass is 9.77. The lowest BCUT2D eigenvalue weighted by molar-refractivity contribution is -0.438. The molecule has 1 aliphatic carbocycles. The van der Waals surface area contributed by atoms with Crippen LogP contribution in [0, 0.1) is 11.3 Å². The summed E-state index contributed by atoms with van der Waals surface area (Å²) in [5.74, 6) is -1.66.